The van der Waals surface area contributed by atoms with Crippen molar-refractivity contribution in [3.05, 3.63) is 17.6 Å². The Hall–Kier alpha value is -2.18. The molecule has 7 nitrogen and oxygen atoms in total. The summed E-state index contributed by atoms with van der Waals surface area (Å²) in [4.78, 5) is 33.3. The first-order valence-corrected chi connectivity index (χ1v) is 8.45. The standard InChI is InChI=1S/C17H26N4O3/c1-12-10-19-13(2)17(20-12)21-8-6-14(7-9-21)4-3-5-16(23)24-11-15(18)22/h10,14H,3-9,11H2,1-2H3,(H2,18,22). The average molecular weight is 334 g/mol. The van der Waals surface area contributed by atoms with Gasteiger partial charge in [0.05, 0.1) is 11.4 Å². The molecule has 24 heavy (non-hydrogen) atoms. The third kappa shape index (κ3) is 5.47. The van der Waals surface area contributed by atoms with Crippen LogP contribution in [0.25, 0.3) is 0 Å². The first-order chi connectivity index (χ1) is 11.5. The molecule has 1 fully saturated rings. The van der Waals surface area contributed by atoms with Crippen LogP contribution in [0.15, 0.2) is 6.20 Å². The Bertz CT molecular complexity index is 583. The van der Waals surface area contributed by atoms with Gasteiger partial charge in [-0.3, -0.25) is 14.6 Å². The molecule has 1 saturated heterocycles. The summed E-state index contributed by atoms with van der Waals surface area (Å²) in [5.41, 5.74) is 6.84. The highest BCUT2D eigenvalue weighted by molar-refractivity contribution is 5.78. The number of hydrogen-bond donors (Lipinski definition) is 1. The van der Waals surface area contributed by atoms with Gasteiger partial charge in [0.25, 0.3) is 5.91 Å². The van der Waals surface area contributed by atoms with E-state index in [0.717, 1.165) is 56.0 Å². The number of ether oxygens (including phenoxy) is 1. The molecule has 0 spiro atoms. The Kier molecular flexibility index (Phi) is 6.52. The molecular weight excluding hydrogens is 308 g/mol. The van der Waals surface area contributed by atoms with Crippen LogP contribution in [0.1, 0.15) is 43.5 Å². The molecule has 1 amide bonds. The highest BCUT2D eigenvalue weighted by Gasteiger charge is 2.21. The maximum atomic E-state index is 11.4. The first kappa shape index (κ1) is 18.2. The lowest BCUT2D eigenvalue weighted by Crippen LogP contribution is -2.35. The maximum Gasteiger partial charge on any atom is 0.306 e. The van der Waals surface area contributed by atoms with Crippen molar-refractivity contribution in [1.82, 2.24) is 9.97 Å². The summed E-state index contributed by atoms with van der Waals surface area (Å²) < 4.78 is 4.76. The SMILES string of the molecule is Cc1cnc(C)c(N2CCC(CCCC(=O)OCC(N)=O)CC2)n1. The molecule has 0 saturated carbocycles. The van der Waals surface area contributed by atoms with Gasteiger partial charge in [0, 0.05) is 25.7 Å². The number of nitrogens with zero attached hydrogens (tertiary/aromatic N) is 3. The van der Waals surface area contributed by atoms with Gasteiger partial charge in [0.15, 0.2) is 6.61 Å². The Labute approximate surface area is 142 Å². The van der Waals surface area contributed by atoms with Crippen molar-refractivity contribution in [3.8, 4) is 0 Å². The molecule has 0 bridgehead atoms. The van der Waals surface area contributed by atoms with E-state index in [4.69, 9.17) is 10.5 Å². The van der Waals surface area contributed by atoms with E-state index in [1.807, 2.05) is 13.8 Å². The molecule has 0 aromatic carbocycles. The van der Waals surface area contributed by atoms with Crippen molar-refractivity contribution >= 4 is 17.7 Å². The minimum atomic E-state index is -0.620. The Morgan fingerprint density at radius 1 is 1.33 bits per heavy atom. The average Bonchev–Trinajstić information content (AvgIpc) is 2.56. The number of carbonyl (C=O) groups is 2. The Balaban J connectivity index is 1.70. The fraction of sp³-hybridized carbons (Fsp3) is 0.647. The molecule has 1 aromatic rings. The van der Waals surface area contributed by atoms with Crippen LogP contribution in [0.3, 0.4) is 0 Å². The van der Waals surface area contributed by atoms with E-state index in [-0.39, 0.29) is 12.6 Å². The monoisotopic (exact) mass is 334 g/mol. The summed E-state index contributed by atoms with van der Waals surface area (Å²) in [7, 11) is 0. The number of aromatic nitrogens is 2. The van der Waals surface area contributed by atoms with Crippen LogP contribution in [0.5, 0.6) is 0 Å². The lowest BCUT2D eigenvalue weighted by molar-refractivity contribution is -0.147. The van der Waals surface area contributed by atoms with Gasteiger partial charge in [0.1, 0.15) is 5.82 Å². The van der Waals surface area contributed by atoms with E-state index in [2.05, 4.69) is 14.9 Å². The second-order valence-corrected chi connectivity index (χ2v) is 6.37. The molecule has 0 unspecified atom stereocenters. The van der Waals surface area contributed by atoms with E-state index in [0.29, 0.717) is 12.3 Å². The number of piperidine rings is 1. The zero-order valence-electron chi connectivity index (χ0n) is 14.5. The summed E-state index contributed by atoms with van der Waals surface area (Å²) in [5.74, 6) is 0.633. The smallest absolute Gasteiger partial charge is 0.306 e. The Morgan fingerprint density at radius 3 is 2.71 bits per heavy atom. The van der Waals surface area contributed by atoms with Gasteiger partial charge < -0.3 is 15.4 Å². The zero-order chi connectivity index (χ0) is 17.5. The molecule has 1 aromatic heterocycles. The molecule has 1 aliphatic heterocycles. The lowest BCUT2D eigenvalue weighted by Gasteiger charge is -2.33. The fourth-order valence-corrected chi connectivity index (χ4v) is 3.02. The van der Waals surface area contributed by atoms with E-state index >= 15 is 0 Å². The molecule has 0 radical (unpaired) electrons. The van der Waals surface area contributed by atoms with Crippen molar-refractivity contribution in [2.24, 2.45) is 11.7 Å². The number of aryl methyl sites for hydroxylation is 2. The number of primary amides is 1. The van der Waals surface area contributed by atoms with Crippen LogP contribution in [0.4, 0.5) is 5.82 Å². The number of rotatable bonds is 7. The summed E-state index contributed by atoms with van der Waals surface area (Å²) in [5, 5.41) is 0. The van der Waals surface area contributed by atoms with Crippen LogP contribution in [0, 0.1) is 19.8 Å². The summed E-state index contributed by atoms with van der Waals surface area (Å²) in [6, 6.07) is 0. The van der Waals surface area contributed by atoms with E-state index in [1.54, 1.807) is 6.20 Å². The summed E-state index contributed by atoms with van der Waals surface area (Å²) in [6.45, 7) is 5.56. The number of amides is 1. The topological polar surface area (TPSA) is 98.4 Å². The highest BCUT2D eigenvalue weighted by Crippen LogP contribution is 2.26. The van der Waals surface area contributed by atoms with Crippen molar-refractivity contribution in [3.63, 3.8) is 0 Å². The quantitative estimate of drug-likeness (QED) is 0.759. The second-order valence-electron chi connectivity index (χ2n) is 6.37. The molecular formula is C17H26N4O3. The van der Waals surface area contributed by atoms with Gasteiger partial charge in [-0.25, -0.2) is 4.98 Å². The number of nitrogens with two attached hydrogens (primary N) is 1. The molecule has 2 N–H and O–H groups in total. The number of carbonyl (C=O) groups excluding carboxylic acids is 2. The second kappa shape index (κ2) is 8.61. The summed E-state index contributed by atoms with van der Waals surface area (Å²) in [6.07, 6.45) is 6.10. The van der Waals surface area contributed by atoms with Crippen LogP contribution in [0.2, 0.25) is 0 Å². The Morgan fingerprint density at radius 2 is 2.04 bits per heavy atom. The normalized spacial score (nSPS) is 15.3. The predicted molar refractivity (Wildman–Crippen MR) is 90.4 cm³/mol. The minimum absolute atomic E-state index is 0.325. The van der Waals surface area contributed by atoms with Crippen LogP contribution in [-0.2, 0) is 14.3 Å². The fourth-order valence-electron chi connectivity index (χ4n) is 3.02. The van der Waals surface area contributed by atoms with Crippen LogP contribution >= 0.6 is 0 Å². The highest BCUT2D eigenvalue weighted by atomic mass is 16.5. The third-order valence-corrected chi connectivity index (χ3v) is 4.33. The van der Waals surface area contributed by atoms with Gasteiger partial charge in [-0.05, 0) is 45.4 Å². The van der Waals surface area contributed by atoms with Gasteiger partial charge in [-0.15, -0.1) is 0 Å². The van der Waals surface area contributed by atoms with E-state index < -0.39 is 5.91 Å². The van der Waals surface area contributed by atoms with Crippen molar-refractivity contribution < 1.29 is 14.3 Å². The lowest BCUT2D eigenvalue weighted by atomic mass is 9.91. The van der Waals surface area contributed by atoms with Gasteiger partial charge in [-0.2, -0.15) is 0 Å². The number of esters is 1. The largest absolute Gasteiger partial charge is 0.456 e. The van der Waals surface area contributed by atoms with Crippen molar-refractivity contribution in [2.45, 2.75) is 46.0 Å². The predicted octanol–water partition coefficient (Wildman–Crippen LogP) is 1.51. The van der Waals surface area contributed by atoms with Crippen molar-refractivity contribution in [1.29, 1.82) is 0 Å². The van der Waals surface area contributed by atoms with E-state index in [9.17, 15) is 9.59 Å². The first-order valence-electron chi connectivity index (χ1n) is 8.45. The van der Waals surface area contributed by atoms with E-state index in [1.165, 1.54) is 0 Å². The molecule has 2 heterocycles. The summed E-state index contributed by atoms with van der Waals surface area (Å²) >= 11 is 0. The third-order valence-electron chi connectivity index (χ3n) is 4.33. The number of hydrogen-bond acceptors (Lipinski definition) is 6. The van der Waals surface area contributed by atoms with Gasteiger partial charge in [-0.1, -0.05) is 0 Å². The van der Waals surface area contributed by atoms with Gasteiger partial charge >= 0.3 is 5.97 Å². The molecule has 7 heteroatoms. The van der Waals surface area contributed by atoms with Crippen LogP contribution in [-0.4, -0.2) is 41.5 Å². The minimum Gasteiger partial charge on any atom is -0.456 e. The van der Waals surface area contributed by atoms with Crippen molar-refractivity contribution in [2.75, 3.05) is 24.6 Å². The maximum absolute atomic E-state index is 11.4. The molecule has 132 valence electrons. The molecule has 0 aliphatic carbocycles. The molecule has 1 aliphatic rings. The number of anilines is 1. The van der Waals surface area contributed by atoms with Gasteiger partial charge in [0.2, 0.25) is 0 Å². The van der Waals surface area contributed by atoms with Crippen LogP contribution < -0.4 is 10.6 Å². The molecule has 2 rings (SSSR count). The molecule has 0 atom stereocenters. The zero-order valence-corrected chi connectivity index (χ0v) is 14.5.